The number of aliphatic hydroxyl groups is 3. The van der Waals surface area contributed by atoms with Crippen LogP contribution >= 0.6 is 23.5 Å². The second kappa shape index (κ2) is 43.2. The smallest absolute Gasteiger partial charge is 0.303 e. The topological polar surface area (TPSA) is 543 Å². The zero-order valence-corrected chi connectivity index (χ0v) is 65.1. The minimum atomic E-state index is -1.90. The predicted molar refractivity (Wildman–Crippen MR) is 417 cm³/mol. The van der Waals surface area contributed by atoms with Gasteiger partial charge >= 0.3 is 5.97 Å². The lowest BCUT2D eigenvalue weighted by atomic mass is 9.85. The van der Waals surface area contributed by atoms with Crippen LogP contribution in [0.2, 0.25) is 0 Å². The number of H-pyrrole nitrogens is 1. The number of carboxylic acid groups (broad SMARTS) is 1. The predicted octanol–water partition coefficient (Wildman–Crippen LogP) is -0.483. The first kappa shape index (κ1) is 89.3. The number of nitrogens with two attached hydrogens (primary N) is 1. The number of amides is 12. The van der Waals surface area contributed by atoms with Crippen LogP contribution in [0.4, 0.5) is 0 Å². The van der Waals surface area contributed by atoms with E-state index in [0.717, 1.165) is 18.1 Å². The number of carbonyl (C=O) groups excluding carboxylic acids is 12. The monoisotopic (exact) mass is 1600 g/mol. The molecular formula is C77H101N15O19S2. The van der Waals surface area contributed by atoms with Crippen molar-refractivity contribution in [1.82, 2.24) is 73.4 Å². The van der Waals surface area contributed by atoms with E-state index in [9.17, 15) is 88.2 Å². The van der Waals surface area contributed by atoms with Gasteiger partial charge in [-0.1, -0.05) is 94.8 Å². The molecule has 2 aromatic heterocycles. The highest BCUT2D eigenvalue weighted by molar-refractivity contribution is 7.98. The number of thioether (sulfide) groups is 2. The highest BCUT2D eigenvalue weighted by Gasteiger charge is 2.40. The average Bonchev–Trinajstić information content (AvgIpc) is 1.75. The van der Waals surface area contributed by atoms with Gasteiger partial charge in [0.1, 0.15) is 78.0 Å². The molecule has 7 rings (SSSR count). The number of aromatic amines is 1. The third-order valence-corrected chi connectivity index (χ3v) is 20.6. The van der Waals surface area contributed by atoms with Crippen molar-refractivity contribution in [1.29, 1.82) is 0 Å². The standard InChI is InChI=1S/C77H101N15O19S2/c1-7-10-53-67(102)83-54(24-25-62(99)100)68(103)85-56(32-43-14-19-49(96)20-15-43)70(105)84-55(26-29-93)69(104)91-64(42(3)95)75(110)89-60(66(78)101)39-113-38-46-12-8-11-45(31-46)37-112-30-27-61(98)90-65(77(4,5)6)76(111)88-57(33-44-16-21-50(97)22-17-44)71(106)86-59(35-48-36-79-40-81-48)73(108)92-63(41(2)94)74(109)87-58(72(107)82-53)34-47-18-23-52-51(47)13-9-28-80-52/h8-9,11-22,28,31,36,40-42,53-60,63-65,93-97H,7,10,23-27,29-30,32-35,37-39H2,1-6H3,(H2,78,101)(H,79,81)(H,82,107)(H,83,102)(H,84,105)(H,85,103)(H,86,106)(H,87,109)(H,88,111)(H,89,110)(H,90,98)(H,91,104)(H,92,108)(H,99,100)/t41-,42-,53+,54+,55+,56+,57+,58+,59+,60+,63+,64+,65-/m1/s1. The molecule has 0 saturated heterocycles. The number of allylic oxidation sites excluding steroid dienone is 1. The molecule has 0 spiro atoms. The number of benzene rings is 3. The van der Waals surface area contributed by atoms with Gasteiger partial charge in [-0.2, -0.15) is 23.5 Å². The summed E-state index contributed by atoms with van der Waals surface area (Å²) in [7, 11) is 0. The highest BCUT2D eigenvalue weighted by Crippen LogP contribution is 2.30. The zero-order chi connectivity index (χ0) is 82.6. The lowest BCUT2D eigenvalue weighted by Crippen LogP contribution is -2.62. The van der Waals surface area contributed by atoms with Crippen LogP contribution in [0.15, 0.2) is 110 Å². The van der Waals surface area contributed by atoms with Crippen LogP contribution in [0.5, 0.6) is 11.5 Å². The Labute approximate surface area is 661 Å². The Kier molecular flexibility index (Phi) is 34.1. The van der Waals surface area contributed by atoms with E-state index >= 15 is 4.79 Å². The zero-order valence-electron chi connectivity index (χ0n) is 63.5. The third kappa shape index (κ3) is 28.0. The Balaban J connectivity index is 1.25. The number of imidazole rings is 1. The van der Waals surface area contributed by atoms with E-state index in [1.54, 1.807) is 52.1 Å². The molecule has 113 heavy (non-hydrogen) atoms. The number of carbonyl (C=O) groups is 13. The van der Waals surface area contributed by atoms with Crippen LogP contribution in [-0.4, -0.2) is 219 Å². The molecule has 36 heteroatoms. The number of carboxylic acids is 1. The molecule has 1 aliphatic carbocycles. The van der Waals surface area contributed by atoms with Gasteiger partial charge in [0.25, 0.3) is 0 Å². The first-order valence-electron chi connectivity index (χ1n) is 36.9. The van der Waals surface area contributed by atoms with Gasteiger partial charge < -0.3 is 99.8 Å². The summed E-state index contributed by atoms with van der Waals surface area (Å²) in [5.41, 5.74) is 9.26. The summed E-state index contributed by atoms with van der Waals surface area (Å²) in [5.74, 6) is -12.6. The van der Waals surface area contributed by atoms with Crippen LogP contribution in [0.25, 0.3) is 5.57 Å². The first-order valence-corrected chi connectivity index (χ1v) is 39.2. The molecule has 2 bridgehead atoms. The Hall–Kier alpha value is -11.0. The maximum atomic E-state index is 15.0. The molecule has 2 aliphatic rings. The van der Waals surface area contributed by atoms with Crippen LogP contribution in [0, 0.1) is 5.41 Å². The molecule has 20 N–H and O–H groups in total. The van der Waals surface area contributed by atoms with Crippen molar-refractivity contribution in [2.24, 2.45) is 11.1 Å². The molecule has 610 valence electrons. The van der Waals surface area contributed by atoms with Gasteiger partial charge in [0.05, 0.1) is 24.2 Å². The van der Waals surface area contributed by atoms with Gasteiger partial charge in [0, 0.05) is 92.7 Å². The quantitative estimate of drug-likeness (QED) is 0.0527. The van der Waals surface area contributed by atoms with E-state index in [1.807, 2.05) is 24.3 Å². The SMILES string of the molecule is CCC[C@@H]1NC(=O)[C@H](CC2=CCc3ncccc32)NC(=O)[C@H]([C@@H](C)O)NC(=O)[C@H](Cc2cnc[nH]2)NC(=O)[C@H](Cc2ccc(O)cc2)NC(=O)[C@H](C(C)(C)C)NC(=O)CCSCc2cccc(c2)CSC[C@@H](C(N)=O)NC(=O)[C@H]([C@@H](C)O)NC(=O)[C@H](CCO)NC(=O)[C@H](Cc2ccc(O)cc2)NC(=O)[C@H](CCC(=O)O)NC1=O. The summed E-state index contributed by atoms with van der Waals surface area (Å²) in [5, 5.41) is 91.2. The highest BCUT2D eigenvalue weighted by atomic mass is 32.2. The lowest BCUT2D eigenvalue weighted by molar-refractivity contribution is -0.139. The number of rotatable bonds is 18. The Morgan fingerprint density at radius 1 is 0.566 bits per heavy atom. The molecule has 0 unspecified atom stereocenters. The summed E-state index contributed by atoms with van der Waals surface area (Å²) in [6.07, 6.45) is -0.230. The first-order chi connectivity index (χ1) is 53.7. The number of nitrogens with one attached hydrogen (secondary N) is 12. The number of hydrogen-bond donors (Lipinski definition) is 19. The Morgan fingerprint density at radius 3 is 1.56 bits per heavy atom. The fraction of sp³-hybridized carbons (Fsp3) is 0.468. The molecule has 0 fully saturated rings. The van der Waals surface area contributed by atoms with Crippen molar-refractivity contribution in [2.75, 3.05) is 18.1 Å². The number of pyridine rings is 1. The molecule has 13 atom stereocenters. The number of aliphatic hydroxyl groups excluding tert-OH is 3. The van der Waals surface area contributed by atoms with E-state index in [1.165, 1.54) is 91.5 Å². The minimum absolute atomic E-state index is 0.0488. The van der Waals surface area contributed by atoms with Crippen molar-refractivity contribution >= 4 is 106 Å². The Bertz CT molecular complexity index is 4180. The van der Waals surface area contributed by atoms with Crippen LogP contribution < -0.4 is 64.2 Å². The number of nitrogens with zero attached hydrogens (tertiary/aromatic N) is 2. The van der Waals surface area contributed by atoms with E-state index in [4.69, 9.17) is 5.73 Å². The average molecular weight is 1600 g/mol. The van der Waals surface area contributed by atoms with Crippen LogP contribution in [0.3, 0.4) is 0 Å². The van der Waals surface area contributed by atoms with E-state index < -0.39 is 193 Å². The van der Waals surface area contributed by atoms with Crippen LogP contribution in [-0.2, 0) is 99.5 Å². The second-order valence-corrected chi connectivity index (χ2v) is 30.9. The summed E-state index contributed by atoms with van der Waals surface area (Å²) in [4.78, 5) is 197. The number of phenolic OH excluding ortho intramolecular Hbond substituents is 2. The largest absolute Gasteiger partial charge is 0.508 e. The van der Waals surface area contributed by atoms with Crippen molar-refractivity contribution in [2.45, 2.75) is 202 Å². The number of hydrogen-bond acceptors (Lipinski definition) is 22. The molecule has 1 aliphatic heterocycles. The summed E-state index contributed by atoms with van der Waals surface area (Å²) in [6.45, 7) is 8.36. The van der Waals surface area contributed by atoms with Gasteiger partial charge in [0.15, 0.2) is 0 Å². The fourth-order valence-electron chi connectivity index (χ4n) is 12.3. The fourth-order valence-corrected chi connectivity index (χ4v) is 14.2. The second-order valence-electron chi connectivity index (χ2n) is 28.7. The molecular weight excluding hydrogens is 1500 g/mol. The lowest BCUT2D eigenvalue weighted by Gasteiger charge is -2.32. The molecule has 3 heterocycles. The number of aliphatic carboxylic acids is 1. The maximum absolute atomic E-state index is 15.0. The summed E-state index contributed by atoms with van der Waals surface area (Å²) < 4.78 is 0. The molecule has 5 aromatic rings. The van der Waals surface area contributed by atoms with Crippen molar-refractivity contribution in [3.05, 3.63) is 149 Å². The van der Waals surface area contributed by atoms with E-state index in [0.29, 0.717) is 57.3 Å². The van der Waals surface area contributed by atoms with Gasteiger partial charge in [-0.15, -0.1) is 0 Å². The van der Waals surface area contributed by atoms with E-state index in [-0.39, 0.29) is 55.8 Å². The Morgan fingerprint density at radius 2 is 1.04 bits per heavy atom. The van der Waals surface area contributed by atoms with Crippen molar-refractivity contribution in [3.8, 4) is 11.5 Å². The summed E-state index contributed by atoms with van der Waals surface area (Å²) in [6, 6.07) is 4.04. The normalized spacial score (nSPS) is 23.9. The third-order valence-electron chi connectivity index (χ3n) is 18.5. The number of fused-ring (bicyclic) bond motifs is 3. The molecule has 0 radical (unpaired) electrons. The molecule has 0 saturated carbocycles. The van der Waals surface area contributed by atoms with E-state index in [2.05, 4.69) is 73.4 Å². The van der Waals surface area contributed by atoms with Gasteiger partial charge in [-0.25, -0.2) is 4.98 Å². The van der Waals surface area contributed by atoms with Crippen molar-refractivity contribution < 1.29 is 93.0 Å². The number of phenols is 2. The van der Waals surface area contributed by atoms with Crippen LogP contribution in [0.1, 0.15) is 126 Å². The number of aromatic nitrogens is 3. The van der Waals surface area contributed by atoms with Crippen molar-refractivity contribution in [3.63, 3.8) is 0 Å². The molecule has 12 amide bonds. The minimum Gasteiger partial charge on any atom is -0.508 e. The van der Waals surface area contributed by atoms with Gasteiger partial charge in [-0.05, 0) is 102 Å². The molecule has 34 nitrogen and oxygen atoms in total. The molecule has 3 aromatic carbocycles. The maximum Gasteiger partial charge on any atom is 0.303 e. The summed E-state index contributed by atoms with van der Waals surface area (Å²) >= 11 is 2.63. The van der Waals surface area contributed by atoms with Gasteiger partial charge in [-0.3, -0.25) is 67.3 Å². The van der Waals surface area contributed by atoms with Gasteiger partial charge in [0.2, 0.25) is 70.9 Å². The number of aromatic hydroxyl groups is 2. The number of primary amides is 1.